The lowest BCUT2D eigenvalue weighted by Crippen LogP contribution is -2.34. The van der Waals surface area contributed by atoms with Crippen LogP contribution >= 0.6 is 0 Å². The molecule has 0 unspecified atom stereocenters. The van der Waals surface area contributed by atoms with Crippen LogP contribution in [0.4, 0.5) is 11.4 Å². The molecule has 3 aromatic rings. The van der Waals surface area contributed by atoms with Gasteiger partial charge in [0.1, 0.15) is 0 Å². The van der Waals surface area contributed by atoms with Crippen LogP contribution in [0, 0.1) is 6.92 Å². The number of carbonyl (C=O) groups is 1. The first kappa shape index (κ1) is 21.6. The summed E-state index contributed by atoms with van der Waals surface area (Å²) in [5.41, 5.74) is 3.41. The Hall–Kier alpha value is -3.12. The maximum absolute atomic E-state index is 13.3. The van der Waals surface area contributed by atoms with Crippen molar-refractivity contribution in [2.75, 3.05) is 16.2 Å². The van der Waals surface area contributed by atoms with E-state index in [1.807, 2.05) is 43.3 Å². The van der Waals surface area contributed by atoms with Gasteiger partial charge in [0.2, 0.25) is 5.91 Å². The predicted octanol–water partition coefficient (Wildman–Crippen LogP) is 4.78. The normalized spacial score (nSPS) is 11.1. The standard InChI is InChI=1S/C24H26N2O3S/c1-3-20-8-7-9-21(18-20)25-24(27)16-17-26(22-14-12-19(2)13-15-22)30(28,29)23-10-5-4-6-11-23/h4-15,18H,3,16-17H2,1-2H3,(H,25,27). The zero-order valence-electron chi connectivity index (χ0n) is 17.2. The Kier molecular flexibility index (Phi) is 6.90. The zero-order valence-corrected chi connectivity index (χ0v) is 18.0. The van der Waals surface area contributed by atoms with E-state index in [1.165, 1.54) is 4.31 Å². The lowest BCUT2D eigenvalue weighted by Gasteiger charge is -2.24. The summed E-state index contributed by atoms with van der Waals surface area (Å²) in [5, 5.41) is 2.86. The smallest absolute Gasteiger partial charge is 0.264 e. The second-order valence-electron chi connectivity index (χ2n) is 7.08. The van der Waals surface area contributed by atoms with Crippen LogP contribution in [0.1, 0.15) is 24.5 Å². The molecule has 0 bridgehead atoms. The van der Waals surface area contributed by atoms with Crippen LogP contribution in [-0.4, -0.2) is 20.9 Å². The largest absolute Gasteiger partial charge is 0.326 e. The number of anilines is 2. The number of aryl methyl sites for hydroxylation is 2. The minimum absolute atomic E-state index is 0.0380. The average molecular weight is 423 g/mol. The van der Waals surface area contributed by atoms with Crippen LogP contribution in [-0.2, 0) is 21.2 Å². The molecular formula is C24H26N2O3S. The molecule has 156 valence electrons. The van der Waals surface area contributed by atoms with Gasteiger partial charge in [-0.05, 0) is 55.3 Å². The molecule has 0 heterocycles. The van der Waals surface area contributed by atoms with Crippen molar-refractivity contribution in [3.05, 3.63) is 90.0 Å². The molecule has 0 saturated heterocycles. The second kappa shape index (κ2) is 9.59. The fraction of sp³-hybridized carbons (Fsp3) is 0.208. The number of hydrogen-bond acceptors (Lipinski definition) is 3. The Balaban J connectivity index is 1.80. The molecule has 1 N–H and O–H groups in total. The molecule has 5 nitrogen and oxygen atoms in total. The molecule has 30 heavy (non-hydrogen) atoms. The summed E-state index contributed by atoms with van der Waals surface area (Å²) in [4.78, 5) is 12.7. The Morgan fingerprint density at radius 2 is 1.63 bits per heavy atom. The summed E-state index contributed by atoms with van der Waals surface area (Å²) in [6.45, 7) is 4.03. The van der Waals surface area contributed by atoms with Gasteiger partial charge in [0.05, 0.1) is 10.6 Å². The molecule has 0 aliphatic heterocycles. The Labute approximate surface area is 178 Å². The van der Waals surface area contributed by atoms with Crippen molar-refractivity contribution in [2.24, 2.45) is 0 Å². The Morgan fingerprint density at radius 1 is 0.933 bits per heavy atom. The SMILES string of the molecule is CCc1cccc(NC(=O)CCN(c2ccc(C)cc2)S(=O)(=O)c2ccccc2)c1. The number of benzene rings is 3. The zero-order chi connectivity index (χ0) is 21.6. The van der Waals surface area contributed by atoms with E-state index in [4.69, 9.17) is 0 Å². The number of nitrogens with one attached hydrogen (secondary N) is 1. The van der Waals surface area contributed by atoms with Crippen LogP contribution in [0.2, 0.25) is 0 Å². The van der Waals surface area contributed by atoms with E-state index in [-0.39, 0.29) is 23.8 Å². The number of carbonyl (C=O) groups excluding carboxylic acids is 1. The molecular weight excluding hydrogens is 396 g/mol. The topological polar surface area (TPSA) is 66.5 Å². The van der Waals surface area contributed by atoms with Crippen molar-refractivity contribution in [3.8, 4) is 0 Å². The second-order valence-corrected chi connectivity index (χ2v) is 8.94. The van der Waals surface area contributed by atoms with Crippen molar-refractivity contribution in [1.29, 1.82) is 0 Å². The molecule has 3 aromatic carbocycles. The minimum Gasteiger partial charge on any atom is -0.326 e. The van der Waals surface area contributed by atoms with E-state index in [9.17, 15) is 13.2 Å². The van der Waals surface area contributed by atoms with E-state index in [1.54, 1.807) is 42.5 Å². The highest BCUT2D eigenvalue weighted by molar-refractivity contribution is 7.92. The van der Waals surface area contributed by atoms with Gasteiger partial charge in [0.25, 0.3) is 10.0 Å². The fourth-order valence-electron chi connectivity index (χ4n) is 3.11. The summed E-state index contributed by atoms with van der Waals surface area (Å²) < 4.78 is 27.8. The lowest BCUT2D eigenvalue weighted by molar-refractivity contribution is -0.116. The van der Waals surface area contributed by atoms with E-state index >= 15 is 0 Å². The molecule has 0 atom stereocenters. The molecule has 1 amide bonds. The summed E-state index contributed by atoms with van der Waals surface area (Å²) in [6, 6.07) is 23.2. The molecule has 0 aliphatic carbocycles. The highest BCUT2D eigenvalue weighted by Gasteiger charge is 2.25. The molecule has 0 radical (unpaired) electrons. The summed E-state index contributed by atoms with van der Waals surface area (Å²) >= 11 is 0. The van der Waals surface area contributed by atoms with E-state index < -0.39 is 10.0 Å². The van der Waals surface area contributed by atoms with Crippen molar-refractivity contribution >= 4 is 27.3 Å². The maximum Gasteiger partial charge on any atom is 0.264 e. The van der Waals surface area contributed by atoms with Gasteiger partial charge in [-0.3, -0.25) is 9.10 Å². The lowest BCUT2D eigenvalue weighted by atomic mass is 10.1. The van der Waals surface area contributed by atoms with Gasteiger partial charge in [0, 0.05) is 18.7 Å². The van der Waals surface area contributed by atoms with Crippen LogP contribution < -0.4 is 9.62 Å². The third-order valence-corrected chi connectivity index (χ3v) is 6.66. The van der Waals surface area contributed by atoms with E-state index in [2.05, 4.69) is 12.2 Å². The van der Waals surface area contributed by atoms with Gasteiger partial charge in [-0.2, -0.15) is 0 Å². The number of hydrogen-bond donors (Lipinski definition) is 1. The van der Waals surface area contributed by atoms with E-state index in [0.29, 0.717) is 11.4 Å². The van der Waals surface area contributed by atoms with Gasteiger partial charge in [-0.15, -0.1) is 0 Å². The van der Waals surface area contributed by atoms with Crippen LogP contribution in [0.3, 0.4) is 0 Å². The minimum atomic E-state index is -3.79. The molecule has 0 saturated carbocycles. The summed E-state index contributed by atoms with van der Waals surface area (Å²) in [5.74, 6) is -0.233. The van der Waals surface area contributed by atoms with Crippen LogP contribution in [0.5, 0.6) is 0 Å². The van der Waals surface area contributed by atoms with Gasteiger partial charge >= 0.3 is 0 Å². The van der Waals surface area contributed by atoms with E-state index in [0.717, 1.165) is 17.5 Å². The predicted molar refractivity (Wildman–Crippen MR) is 121 cm³/mol. The molecule has 3 rings (SSSR count). The highest BCUT2D eigenvalue weighted by Crippen LogP contribution is 2.24. The number of sulfonamides is 1. The first-order chi connectivity index (χ1) is 14.4. The third kappa shape index (κ3) is 5.27. The Morgan fingerprint density at radius 3 is 2.30 bits per heavy atom. The average Bonchev–Trinajstić information content (AvgIpc) is 2.75. The highest BCUT2D eigenvalue weighted by atomic mass is 32.2. The van der Waals surface area contributed by atoms with Gasteiger partial charge in [-0.1, -0.05) is 55.0 Å². The molecule has 0 aromatic heterocycles. The molecule has 0 spiro atoms. The van der Waals surface area contributed by atoms with Gasteiger partial charge < -0.3 is 5.32 Å². The monoisotopic (exact) mass is 422 g/mol. The third-order valence-electron chi connectivity index (χ3n) is 4.81. The van der Waals surface area contributed by atoms with Crippen molar-refractivity contribution in [2.45, 2.75) is 31.6 Å². The van der Waals surface area contributed by atoms with Crippen LogP contribution in [0.25, 0.3) is 0 Å². The van der Waals surface area contributed by atoms with Crippen molar-refractivity contribution < 1.29 is 13.2 Å². The first-order valence-corrected chi connectivity index (χ1v) is 11.4. The van der Waals surface area contributed by atoms with Crippen molar-refractivity contribution in [3.63, 3.8) is 0 Å². The fourth-order valence-corrected chi connectivity index (χ4v) is 4.60. The number of nitrogens with zero attached hydrogens (tertiary/aromatic N) is 1. The number of amides is 1. The van der Waals surface area contributed by atoms with Gasteiger partial charge in [-0.25, -0.2) is 8.42 Å². The first-order valence-electron chi connectivity index (χ1n) is 9.93. The van der Waals surface area contributed by atoms with Crippen LogP contribution in [0.15, 0.2) is 83.8 Å². The van der Waals surface area contributed by atoms with Crippen molar-refractivity contribution in [1.82, 2.24) is 0 Å². The quantitative estimate of drug-likeness (QED) is 0.568. The molecule has 0 fully saturated rings. The summed E-state index contributed by atoms with van der Waals surface area (Å²) in [6.07, 6.45) is 0.913. The van der Waals surface area contributed by atoms with Gasteiger partial charge in [0.15, 0.2) is 0 Å². The maximum atomic E-state index is 13.3. The number of rotatable bonds is 8. The summed E-state index contributed by atoms with van der Waals surface area (Å²) in [7, 11) is -3.79. The molecule has 6 heteroatoms. The Bertz CT molecular complexity index is 1090. The molecule has 0 aliphatic rings.